The Kier molecular flexibility index (Phi) is 2.79. The number of nitrogens with two attached hydrogens (primary N) is 1. The molecule has 3 nitrogen and oxygen atoms in total. The molecule has 0 atom stereocenters. The molecule has 1 fully saturated rings. The molecule has 0 spiro atoms. The van der Waals surface area contributed by atoms with E-state index in [0.717, 1.165) is 5.92 Å². The average Bonchev–Trinajstić information content (AvgIpc) is 2.57. The van der Waals surface area contributed by atoms with E-state index < -0.39 is 0 Å². The maximum absolute atomic E-state index is 5.85. The zero-order valence-electron chi connectivity index (χ0n) is 10.0. The van der Waals surface area contributed by atoms with Crippen LogP contribution in [0, 0.1) is 5.92 Å². The first-order valence-corrected chi connectivity index (χ1v) is 5.34. The van der Waals surface area contributed by atoms with Gasteiger partial charge in [-0.15, -0.1) is 0 Å². The van der Waals surface area contributed by atoms with Crippen LogP contribution in [0.5, 0.6) is 0 Å². The molecule has 0 aromatic carbocycles. The second kappa shape index (κ2) is 3.44. The highest BCUT2D eigenvalue weighted by molar-refractivity contribution is 5.79. The standard InChI is InChI=1S/C11H23N3/c1-10(2,3)13-9(12)14-11(4,5)8-6-7-8/h8H,6-7H2,1-5H3,(H3,12,13,14). The van der Waals surface area contributed by atoms with Crippen LogP contribution < -0.4 is 11.1 Å². The lowest BCUT2D eigenvalue weighted by atomic mass is 10.0. The summed E-state index contributed by atoms with van der Waals surface area (Å²) < 4.78 is 0. The van der Waals surface area contributed by atoms with Gasteiger partial charge in [0.1, 0.15) is 0 Å². The Balaban J connectivity index is 2.58. The summed E-state index contributed by atoms with van der Waals surface area (Å²) in [6.07, 6.45) is 2.58. The van der Waals surface area contributed by atoms with Crippen LogP contribution in [0.2, 0.25) is 0 Å². The number of rotatable bonds is 2. The predicted molar refractivity (Wildman–Crippen MR) is 61.3 cm³/mol. The van der Waals surface area contributed by atoms with Crippen LogP contribution in [0.25, 0.3) is 0 Å². The van der Waals surface area contributed by atoms with Crippen molar-refractivity contribution in [3.05, 3.63) is 0 Å². The highest BCUT2D eigenvalue weighted by atomic mass is 15.1. The molecular weight excluding hydrogens is 174 g/mol. The summed E-state index contributed by atoms with van der Waals surface area (Å²) in [5.74, 6) is 1.29. The van der Waals surface area contributed by atoms with E-state index in [-0.39, 0.29) is 11.1 Å². The van der Waals surface area contributed by atoms with Crippen LogP contribution >= 0.6 is 0 Å². The summed E-state index contributed by atoms with van der Waals surface area (Å²) in [5.41, 5.74) is 5.85. The van der Waals surface area contributed by atoms with Crippen LogP contribution in [0.1, 0.15) is 47.5 Å². The molecule has 14 heavy (non-hydrogen) atoms. The fourth-order valence-electron chi connectivity index (χ4n) is 1.60. The molecular formula is C11H23N3. The SMILES string of the molecule is CC(C)(C)NC(N)=NC(C)(C)C1CC1. The number of nitrogens with zero attached hydrogens (tertiary/aromatic N) is 1. The second-order valence-corrected chi connectivity index (χ2v) is 5.80. The van der Waals surface area contributed by atoms with Crippen molar-refractivity contribution in [3.8, 4) is 0 Å². The molecule has 0 unspecified atom stereocenters. The first kappa shape index (κ1) is 11.3. The lowest BCUT2D eigenvalue weighted by molar-refractivity contribution is 0.444. The molecule has 0 aromatic rings. The Hall–Kier alpha value is -0.730. The minimum Gasteiger partial charge on any atom is -0.370 e. The number of aliphatic imine (C=N–C) groups is 1. The van der Waals surface area contributed by atoms with E-state index in [0.29, 0.717) is 5.96 Å². The van der Waals surface area contributed by atoms with Gasteiger partial charge in [0.2, 0.25) is 0 Å². The van der Waals surface area contributed by atoms with Crippen molar-refractivity contribution >= 4 is 5.96 Å². The highest BCUT2D eigenvalue weighted by Crippen LogP contribution is 2.41. The molecule has 0 bridgehead atoms. The van der Waals surface area contributed by atoms with Gasteiger partial charge in [-0.25, -0.2) is 4.99 Å². The van der Waals surface area contributed by atoms with E-state index in [1.807, 2.05) is 0 Å². The molecule has 1 rings (SSSR count). The molecule has 0 amide bonds. The van der Waals surface area contributed by atoms with Crippen LogP contribution in [0.3, 0.4) is 0 Å². The highest BCUT2D eigenvalue weighted by Gasteiger charge is 2.37. The first-order chi connectivity index (χ1) is 6.21. The maximum Gasteiger partial charge on any atom is 0.189 e. The first-order valence-electron chi connectivity index (χ1n) is 5.34. The Labute approximate surface area is 87.2 Å². The van der Waals surface area contributed by atoms with Crippen molar-refractivity contribution in [1.29, 1.82) is 0 Å². The lowest BCUT2D eigenvalue weighted by Crippen LogP contribution is -2.46. The normalized spacial score (nSPS) is 19.6. The van der Waals surface area contributed by atoms with Crippen LogP contribution in [0.4, 0.5) is 0 Å². The fourth-order valence-corrected chi connectivity index (χ4v) is 1.60. The number of hydrogen-bond acceptors (Lipinski definition) is 1. The molecule has 82 valence electrons. The van der Waals surface area contributed by atoms with Gasteiger partial charge in [0.25, 0.3) is 0 Å². The van der Waals surface area contributed by atoms with E-state index in [1.165, 1.54) is 12.8 Å². The van der Waals surface area contributed by atoms with Gasteiger partial charge in [0.15, 0.2) is 5.96 Å². The van der Waals surface area contributed by atoms with Crippen LogP contribution in [0.15, 0.2) is 4.99 Å². The molecule has 0 radical (unpaired) electrons. The minimum absolute atomic E-state index is 0.00231. The molecule has 1 saturated carbocycles. The topological polar surface area (TPSA) is 50.4 Å². The summed E-state index contributed by atoms with van der Waals surface area (Å²) in [6.45, 7) is 10.6. The minimum atomic E-state index is -0.00673. The lowest BCUT2D eigenvalue weighted by Gasteiger charge is -2.25. The van der Waals surface area contributed by atoms with Crippen molar-refractivity contribution < 1.29 is 0 Å². The Morgan fingerprint density at radius 2 is 1.71 bits per heavy atom. The molecule has 1 aliphatic rings. The number of nitrogens with one attached hydrogen (secondary N) is 1. The third kappa shape index (κ3) is 3.56. The third-order valence-electron chi connectivity index (χ3n) is 2.49. The Morgan fingerprint density at radius 3 is 2.07 bits per heavy atom. The van der Waals surface area contributed by atoms with E-state index in [9.17, 15) is 0 Å². The summed E-state index contributed by atoms with van der Waals surface area (Å²) >= 11 is 0. The largest absolute Gasteiger partial charge is 0.370 e. The molecule has 3 heteroatoms. The molecule has 0 aromatic heterocycles. The second-order valence-electron chi connectivity index (χ2n) is 5.80. The van der Waals surface area contributed by atoms with Crippen LogP contribution in [-0.4, -0.2) is 17.0 Å². The van der Waals surface area contributed by atoms with Crippen molar-refractivity contribution in [2.45, 2.75) is 58.5 Å². The van der Waals surface area contributed by atoms with Crippen LogP contribution in [-0.2, 0) is 0 Å². The van der Waals surface area contributed by atoms with E-state index in [2.05, 4.69) is 44.9 Å². The average molecular weight is 197 g/mol. The predicted octanol–water partition coefficient (Wildman–Crippen LogP) is 1.88. The van der Waals surface area contributed by atoms with Gasteiger partial charge in [-0.2, -0.15) is 0 Å². The Morgan fingerprint density at radius 1 is 1.21 bits per heavy atom. The number of hydrogen-bond donors (Lipinski definition) is 2. The Bertz CT molecular complexity index is 231. The molecule has 0 heterocycles. The molecule has 0 saturated heterocycles. The van der Waals surface area contributed by atoms with Crippen molar-refractivity contribution in [1.82, 2.24) is 5.32 Å². The maximum atomic E-state index is 5.85. The van der Waals surface area contributed by atoms with Crippen molar-refractivity contribution in [2.24, 2.45) is 16.6 Å². The monoisotopic (exact) mass is 197 g/mol. The summed E-state index contributed by atoms with van der Waals surface area (Å²) in [4.78, 5) is 4.54. The zero-order chi connectivity index (χ0) is 11.0. The van der Waals surface area contributed by atoms with Crippen molar-refractivity contribution in [3.63, 3.8) is 0 Å². The van der Waals surface area contributed by atoms with Gasteiger partial charge in [-0.05, 0) is 53.4 Å². The van der Waals surface area contributed by atoms with Gasteiger partial charge in [-0.3, -0.25) is 0 Å². The van der Waals surface area contributed by atoms with E-state index in [1.54, 1.807) is 0 Å². The van der Waals surface area contributed by atoms with E-state index in [4.69, 9.17) is 5.73 Å². The zero-order valence-corrected chi connectivity index (χ0v) is 10.0. The summed E-state index contributed by atoms with van der Waals surface area (Å²) in [7, 11) is 0. The van der Waals surface area contributed by atoms with Crippen molar-refractivity contribution in [2.75, 3.05) is 0 Å². The quantitative estimate of drug-likeness (QED) is 0.524. The van der Waals surface area contributed by atoms with Gasteiger partial charge < -0.3 is 11.1 Å². The fraction of sp³-hybridized carbons (Fsp3) is 0.909. The van der Waals surface area contributed by atoms with Gasteiger partial charge in [-0.1, -0.05) is 0 Å². The molecule has 0 aliphatic heterocycles. The van der Waals surface area contributed by atoms with Gasteiger partial charge in [0.05, 0.1) is 5.54 Å². The summed E-state index contributed by atoms with van der Waals surface area (Å²) in [5, 5.41) is 3.19. The molecule has 1 aliphatic carbocycles. The summed E-state index contributed by atoms with van der Waals surface area (Å²) in [6, 6.07) is 0. The van der Waals surface area contributed by atoms with Gasteiger partial charge >= 0.3 is 0 Å². The number of guanidine groups is 1. The van der Waals surface area contributed by atoms with E-state index >= 15 is 0 Å². The third-order valence-corrected chi connectivity index (χ3v) is 2.49. The molecule has 3 N–H and O–H groups in total. The smallest absolute Gasteiger partial charge is 0.189 e. The van der Waals surface area contributed by atoms with Gasteiger partial charge in [0, 0.05) is 5.54 Å².